The highest BCUT2D eigenvalue weighted by Crippen LogP contribution is 2.36. The summed E-state index contributed by atoms with van der Waals surface area (Å²) in [5, 5.41) is 3.39. The second-order valence-electron chi connectivity index (χ2n) is 5.59. The number of anilines is 2. The van der Waals surface area contributed by atoms with E-state index in [1.54, 1.807) is 23.1 Å². The molecule has 3 rings (SSSR count). The number of nitrogens with one attached hydrogen (secondary N) is 1. The lowest BCUT2D eigenvalue weighted by Gasteiger charge is -2.18. The molecule has 1 atom stereocenters. The Hall–Kier alpha value is -0.890. The normalized spacial score (nSPS) is 17.0. The van der Waals surface area contributed by atoms with E-state index >= 15 is 0 Å². The summed E-state index contributed by atoms with van der Waals surface area (Å²) < 4.78 is 2.37. The van der Waals surface area contributed by atoms with E-state index in [1.807, 2.05) is 18.2 Å². The van der Waals surface area contributed by atoms with Gasteiger partial charge in [-0.25, -0.2) is 0 Å². The lowest BCUT2D eigenvalue weighted by Crippen LogP contribution is -2.28. The van der Waals surface area contributed by atoms with Crippen LogP contribution in [0.25, 0.3) is 0 Å². The van der Waals surface area contributed by atoms with Gasteiger partial charge in [-0.1, -0.05) is 39.7 Å². The van der Waals surface area contributed by atoms with E-state index in [0.717, 1.165) is 13.4 Å². The number of hydrogen-bond donors (Lipinski definition) is 1. The monoisotopic (exact) mass is 548 g/mol. The molecule has 1 aliphatic heterocycles. The molecule has 1 saturated heterocycles. The molecule has 2 aromatic carbocycles. The Kier molecular flexibility index (Phi) is 5.88. The topological polar surface area (TPSA) is 49.4 Å². The van der Waals surface area contributed by atoms with Crippen molar-refractivity contribution < 1.29 is 9.59 Å². The summed E-state index contributed by atoms with van der Waals surface area (Å²) >= 11 is 16.4. The number of carbonyl (C=O) groups is 2. The van der Waals surface area contributed by atoms with Crippen molar-refractivity contribution in [1.82, 2.24) is 0 Å². The number of carbonyl (C=O) groups excluding carboxylic acids is 2. The van der Waals surface area contributed by atoms with Crippen molar-refractivity contribution in [2.24, 2.45) is 5.92 Å². The number of nitrogens with zero attached hydrogens (tertiary/aromatic N) is 1. The number of hydrogen-bond acceptors (Lipinski definition) is 2. The van der Waals surface area contributed by atoms with Gasteiger partial charge < -0.3 is 10.2 Å². The van der Waals surface area contributed by atoms with Crippen LogP contribution in [0, 0.1) is 5.92 Å². The van der Waals surface area contributed by atoms with E-state index in [2.05, 4.69) is 53.1 Å². The molecule has 4 nitrogen and oxygen atoms in total. The molecule has 0 saturated carbocycles. The highest BCUT2D eigenvalue weighted by molar-refractivity contribution is 9.11. The van der Waals surface area contributed by atoms with Crippen molar-refractivity contribution in [2.45, 2.75) is 6.42 Å². The van der Waals surface area contributed by atoms with E-state index in [9.17, 15) is 9.59 Å². The van der Waals surface area contributed by atoms with E-state index in [0.29, 0.717) is 22.9 Å². The van der Waals surface area contributed by atoms with Crippen molar-refractivity contribution in [3.8, 4) is 0 Å². The number of para-hydroxylation sites is 1. The second-order valence-corrected chi connectivity index (χ2v) is 8.62. The molecule has 0 radical (unpaired) electrons. The SMILES string of the molecule is O=C(Nc1c(Br)cc(Br)cc1Br)C1CC(=O)N(c2ccccc2Cl)C1. The minimum absolute atomic E-state index is 0.109. The van der Waals surface area contributed by atoms with Gasteiger partial charge in [0.2, 0.25) is 11.8 Å². The summed E-state index contributed by atoms with van der Waals surface area (Å²) in [5.74, 6) is -0.750. The molecule has 1 unspecified atom stereocenters. The molecule has 0 aromatic heterocycles. The standard InChI is InChI=1S/C17H12Br3ClN2O2/c18-10-6-11(19)16(12(20)7-10)22-17(25)9-5-15(24)23(8-9)14-4-2-1-3-13(14)21/h1-4,6-7,9H,5,8H2,(H,22,25). The highest BCUT2D eigenvalue weighted by Gasteiger charge is 2.36. The van der Waals surface area contributed by atoms with Crippen LogP contribution in [0.1, 0.15) is 6.42 Å². The van der Waals surface area contributed by atoms with Crippen molar-refractivity contribution >= 4 is 82.6 Å². The minimum Gasteiger partial charge on any atom is -0.324 e. The smallest absolute Gasteiger partial charge is 0.229 e. The van der Waals surface area contributed by atoms with E-state index in [1.165, 1.54) is 0 Å². The fourth-order valence-electron chi connectivity index (χ4n) is 2.67. The van der Waals surface area contributed by atoms with Crippen LogP contribution in [0.3, 0.4) is 0 Å². The molecule has 2 amide bonds. The predicted octanol–water partition coefficient (Wildman–Crippen LogP) is 5.62. The molecule has 130 valence electrons. The summed E-state index contributed by atoms with van der Waals surface area (Å²) in [6.45, 7) is 0.306. The summed E-state index contributed by atoms with van der Waals surface area (Å²) in [6, 6.07) is 10.8. The average molecular weight is 551 g/mol. The Labute approximate surface area is 175 Å². The zero-order chi connectivity index (χ0) is 18.1. The van der Waals surface area contributed by atoms with Gasteiger partial charge in [0.1, 0.15) is 0 Å². The van der Waals surface area contributed by atoms with Crippen LogP contribution in [0.4, 0.5) is 11.4 Å². The van der Waals surface area contributed by atoms with Gasteiger partial charge in [0.25, 0.3) is 0 Å². The van der Waals surface area contributed by atoms with Crippen LogP contribution in [-0.4, -0.2) is 18.4 Å². The molecule has 8 heteroatoms. The lowest BCUT2D eigenvalue weighted by atomic mass is 10.1. The third-order valence-corrected chi connectivity index (χ3v) is 5.92. The maximum Gasteiger partial charge on any atom is 0.229 e. The fraction of sp³-hybridized carbons (Fsp3) is 0.176. The minimum atomic E-state index is -0.439. The molecule has 25 heavy (non-hydrogen) atoms. The van der Waals surface area contributed by atoms with Crippen LogP contribution < -0.4 is 10.2 Å². The largest absolute Gasteiger partial charge is 0.324 e. The quantitative estimate of drug-likeness (QED) is 0.539. The van der Waals surface area contributed by atoms with Gasteiger partial charge in [-0.15, -0.1) is 0 Å². The number of benzene rings is 2. The zero-order valence-electron chi connectivity index (χ0n) is 12.7. The number of rotatable bonds is 3. The van der Waals surface area contributed by atoms with Gasteiger partial charge in [-0.3, -0.25) is 9.59 Å². The molecular weight excluding hydrogens is 539 g/mol. The Morgan fingerprint density at radius 2 is 1.80 bits per heavy atom. The van der Waals surface area contributed by atoms with Gasteiger partial charge in [0.15, 0.2) is 0 Å². The highest BCUT2D eigenvalue weighted by atomic mass is 79.9. The van der Waals surface area contributed by atoms with Crippen LogP contribution in [0.5, 0.6) is 0 Å². The van der Waals surface area contributed by atoms with Gasteiger partial charge in [0, 0.05) is 26.4 Å². The van der Waals surface area contributed by atoms with Gasteiger partial charge in [-0.2, -0.15) is 0 Å². The van der Waals surface area contributed by atoms with Crippen molar-refractivity contribution in [3.63, 3.8) is 0 Å². The molecule has 2 aromatic rings. The molecule has 0 spiro atoms. The molecule has 1 N–H and O–H groups in total. The molecule has 1 aliphatic rings. The molecule has 0 aliphatic carbocycles. The molecular formula is C17H12Br3ClN2O2. The van der Waals surface area contributed by atoms with Crippen molar-refractivity contribution in [2.75, 3.05) is 16.8 Å². The Balaban J connectivity index is 1.77. The van der Waals surface area contributed by atoms with E-state index < -0.39 is 5.92 Å². The van der Waals surface area contributed by atoms with Gasteiger partial charge in [-0.05, 0) is 56.1 Å². The summed E-state index contributed by atoms with van der Waals surface area (Å²) in [5.41, 5.74) is 1.27. The zero-order valence-corrected chi connectivity index (χ0v) is 18.2. The molecule has 1 heterocycles. The summed E-state index contributed by atoms with van der Waals surface area (Å²) in [6.07, 6.45) is 0.156. The van der Waals surface area contributed by atoms with Crippen molar-refractivity contribution in [1.29, 1.82) is 0 Å². The maximum atomic E-state index is 12.6. The number of halogens is 4. The first-order valence-electron chi connectivity index (χ1n) is 7.37. The first-order chi connectivity index (χ1) is 11.9. The number of amides is 2. The second kappa shape index (κ2) is 7.78. The van der Waals surface area contributed by atoms with Crippen LogP contribution in [0.15, 0.2) is 49.8 Å². The van der Waals surface area contributed by atoms with Gasteiger partial charge in [0.05, 0.1) is 22.3 Å². The average Bonchev–Trinajstić information content (AvgIpc) is 2.93. The Morgan fingerprint density at radius 1 is 1.16 bits per heavy atom. The molecule has 1 fully saturated rings. The van der Waals surface area contributed by atoms with E-state index in [-0.39, 0.29) is 18.2 Å². The van der Waals surface area contributed by atoms with Crippen molar-refractivity contribution in [3.05, 3.63) is 54.8 Å². The van der Waals surface area contributed by atoms with Crippen LogP contribution >= 0.6 is 59.4 Å². The Bertz CT molecular complexity index is 837. The van der Waals surface area contributed by atoms with Crippen LogP contribution in [-0.2, 0) is 9.59 Å². The third kappa shape index (κ3) is 4.10. The third-order valence-electron chi connectivity index (χ3n) is 3.89. The first kappa shape index (κ1) is 18.9. The van der Waals surface area contributed by atoms with E-state index in [4.69, 9.17) is 11.6 Å². The predicted molar refractivity (Wildman–Crippen MR) is 110 cm³/mol. The first-order valence-corrected chi connectivity index (χ1v) is 10.1. The fourth-order valence-corrected chi connectivity index (χ4v) is 5.37. The van der Waals surface area contributed by atoms with Crippen LogP contribution in [0.2, 0.25) is 5.02 Å². The van der Waals surface area contributed by atoms with Gasteiger partial charge >= 0.3 is 0 Å². The summed E-state index contributed by atoms with van der Waals surface area (Å²) in [7, 11) is 0. The summed E-state index contributed by atoms with van der Waals surface area (Å²) in [4.78, 5) is 26.5. The molecule has 0 bridgehead atoms. The Morgan fingerprint density at radius 3 is 2.44 bits per heavy atom. The lowest BCUT2D eigenvalue weighted by molar-refractivity contribution is -0.122. The maximum absolute atomic E-state index is 12.6.